The van der Waals surface area contributed by atoms with Crippen LogP contribution in [-0.4, -0.2) is 4.98 Å². The molecule has 0 saturated heterocycles. The predicted octanol–water partition coefficient (Wildman–Crippen LogP) is 3.74. The van der Waals surface area contributed by atoms with Gasteiger partial charge in [-0.15, -0.1) is 0 Å². The molecule has 18 heavy (non-hydrogen) atoms. The smallest absolute Gasteiger partial charge is 0.0705 e. The van der Waals surface area contributed by atoms with E-state index in [9.17, 15) is 0 Å². The normalized spacial score (nSPS) is 17.5. The standard InChI is InChI=1S/C16H18N2/c17-16(12-6-2-1-3-7-12)14-10-11-18-15-9-5-4-8-13(14)15/h4-6,8-11,16H,1-3,7,17H2. The molecule has 2 N–H and O–H groups in total. The number of pyridine rings is 1. The molecule has 0 bridgehead atoms. The first kappa shape index (κ1) is 11.4. The minimum Gasteiger partial charge on any atom is -0.321 e. The van der Waals surface area contributed by atoms with Crippen LogP contribution in [0.2, 0.25) is 0 Å². The van der Waals surface area contributed by atoms with Gasteiger partial charge in [-0.05, 0) is 43.4 Å². The number of para-hydroxylation sites is 1. The van der Waals surface area contributed by atoms with Gasteiger partial charge in [0.25, 0.3) is 0 Å². The van der Waals surface area contributed by atoms with E-state index in [1.807, 2.05) is 18.3 Å². The molecular weight excluding hydrogens is 220 g/mol. The van der Waals surface area contributed by atoms with E-state index in [0.29, 0.717) is 0 Å². The first-order chi connectivity index (χ1) is 8.86. The van der Waals surface area contributed by atoms with E-state index >= 15 is 0 Å². The molecule has 0 saturated carbocycles. The van der Waals surface area contributed by atoms with Crippen molar-refractivity contribution in [3.63, 3.8) is 0 Å². The number of fused-ring (bicyclic) bond motifs is 1. The Hall–Kier alpha value is -1.67. The maximum Gasteiger partial charge on any atom is 0.0705 e. The van der Waals surface area contributed by atoms with Crippen LogP contribution in [0.15, 0.2) is 48.2 Å². The van der Waals surface area contributed by atoms with Crippen molar-refractivity contribution in [1.82, 2.24) is 4.98 Å². The van der Waals surface area contributed by atoms with Crippen LogP contribution < -0.4 is 5.73 Å². The molecule has 0 fully saturated rings. The van der Waals surface area contributed by atoms with Crippen molar-refractivity contribution in [1.29, 1.82) is 0 Å². The first-order valence-electron chi connectivity index (χ1n) is 6.64. The van der Waals surface area contributed by atoms with Crippen LogP contribution >= 0.6 is 0 Å². The van der Waals surface area contributed by atoms with Gasteiger partial charge < -0.3 is 5.73 Å². The van der Waals surface area contributed by atoms with E-state index in [-0.39, 0.29) is 6.04 Å². The largest absolute Gasteiger partial charge is 0.321 e. The maximum atomic E-state index is 6.44. The van der Waals surface area contributed by atoms with Gasteiger partial charge in [0.05, 0.1) is 11.6 Å². The molecule has 0 spiro atoms. The molecule has 2 nitrogen and oxygen atoms in total. The van der Waals surface area contributed by atoms with Crippen molar-refractivity contribution in [3.8, 4) is 0 Å². The number of rotatable bonds is 2. The van der Waals surface area contributed by atoms with E-state index in [0.717, 1.165) is 11.9 Å². The maximum absolute atomic E-state index is 6.44. The third-order valence-corrected chi connectivity index (χ3v) is 3.74. The van der Waals surface area contributed by atoms with Crippen LogP contribution in [0.5, 0.6) is 0 Å². The predicted molar refractivity (Wildman–Crippen MR) is 75.2 cm³/mol. The fourth-order valence-corrected chi connectivity index (χ4v) is 2.73. The number of hydrogen-bond acceptors (Lipinski definition) is 2. The molecule has 0 amide bonds. The summed E-state index contributed by atoms with van der Waals surface area (Å²) in [5.74, 6) is 0. The lowest BCUT2D eigenvalue weighted by Gasteiger charge is -2.21. The second kappa shape index (κ2) is 4.91. The van der Waals surface area contributed by atoms with Crippen LogP contribution in [0.1, 0.15) is 37.3 Å². The van der Waals surface area contributed by atoms with Gasteiger partial charge in [0, 0.05) is 11.6 Å². The van der Waals surface area contributed by atoms with E-state index in [1.165, 1.54) is 35.8 Å². The van der Waals surface area contributed by atoms with E-state index in [1.54, 1.807) is 0 Å². The van der Waals surface area contributed by atoms with Gasteiger partial charge in [-0.25, -0.2) is 0 Å². The molecule has 2 aromatic rings. The molecular formula is C16H18N2. The molecule has 1 aliphatic rings. The monoisotopic (exact) mass is 238 g/mol. The second-order valence-corrected chi connectivity index (χ2v) is 4.92. The van der Waals surface area contributed by atoms with E-state index in [2.05, 4.69) is 29.3 Å². The molecule has 0 radical (unpaired) electrons. The van der Waals surface area contributed by atoms with Crippen LogP contribution in [0, 0.1) is 0 Å². The SMILES string of the molecule is NC(C1=CCCCC1)c1ccnc2ccccc12. The van der Waals surface area contributed by atoms with Gasteiger partial charge in [-0.3, -0.25) is 4.98 Å². The van der Waals surface area contributed by atoms with Crippen molar-refractivity contribution in [2.75, 3.05) is 0 Å². The van der Waals surface area contributed by atoms with E-state index in [4.69, 9.17) is 5.73 Å². The summed E-state index contributed by atoms with van der Waals surface area (Å²) in [7, 11) is 0. The van der Waals surface area contributed by atoms with Gasteiger partial charge in [0.15, 0.2) is 0 Å². The Balaban J connectivity index is 2.05. The fourth-order valence-electron chi connectivity index (χ4n) is 2.73. The minimum atomic E-state index is 0.0261. The van der Waals surface area contributed by atoms with Gasteiger partial charge in [0.2, 0.25) is 0 Å². The summed E-state index contributed by atoms with van der Waals surface area (Å²) < 4.78 is 0. The number of nitrogens with zero attached hydrogens (tertiary/aromatic N) is 1. The number of nitrogens with two attached hydrogens (primary N) is 1. The quantitative estimate of drug-likeness (QED) is 0.809. The van der Waals surface area contributed by atoms with Gasteiger partial charge in [-0.1, -0.05) is 29.8 Å². The second-order valence-electron chi connectivity index (χ2n) is 4.92. The average molecular weight is 238 g/mol. The topological polar surface area (TPSA) is 38.9 Å². The summed E-state index contributed by atoms with van der Waals surface area (Å²) in [5, 5.41) is 1.18. The zero-order chi connectivity index (χ0) is 12.4. The Bertz CT molecular complexity index is 581. The molecule has 1 aromatic heterocycles. The van der Waals surface area contributed by atoms with Crippen LogP contribution in [0.4, 0.5) is 0 Å². The summed E-state index contributed by atoms with van der Waals surface area (Å²) in [6.07, 6.45) is 9.06. The van der Waals surface area contributed by atoms with Crippen molar-refractivity contribution in [2.45, 2.75) is 31.7 Å². The lowest BCUT2D eigenvalue weighted by atomic mass is 9.89. The lowest BCUT2D eigenvalue weighted by Crippen LogP contribution is -2.15. The number of allylic oxidation sites excluding steroid dienone is 1. The third-order valence-electron chi connectivity index (χ3n) is 3.74. The average Bonchev–Trinajstić information content (AvgIpc) is 2.47. The Morgan fingerprint density at radius 1 is 1.11 bits per heavy atom. The number of aromatic nitrogens is 1. The fraction of sp³-hybridized carbons (Fsp3) is 0.312. The highest BCUT2D eigenvalue weighted by atomic mass is 14.7. The molecule has 1 unspecified atom stereocenters. The van der Waals surface area contributed by atoms with Crippen molar-refractivity contribution in [2.24, 2.45) is 5.73 Å². The summed E-state index contributed by atoms with van der Waals surface area (Å²) >= 11 is 0. The highest BCUT2D eigenvalue weighted by Crippen LogP contribution is 2.31. The highest BCUT2D eigenvalue weighted by Gasteiger charge is 2.16. The molecule has 1 atom stereocenters. The summed E-state index contributed by atoms with van der Waals surface area (Å²) in [6, 6.07) is 10.3. The van der Waals surface area contributed by atoms with Gasteiger partial charge in [-0.2, -0.15) is 0 Å². The number of benzene rings is 1. The zero-order valence-corrected chi connectivity index (χ0v) is 10.5. The molecule has 0 aliphatic heterocycles. The van der Waals surface area contributed by atoms with Crippen LogP contribution in [-0.2, 0) is 0 Å². The summed E-state index contributed by atoms with van der Waals surface area (Å²) in [5.41, 5.74) is 10.1. The van der Waals surface area contributed by atoms with Crippen molar-refractivity contribution < 1.29 is 0 Å². The van der Waals surface area contributed by atoms with Gasteiger partial charge in [0.1, 0.15) is 0 Å². The highest BCUT2D eigenvalue weighted by molar-refractivity contribution is 5.82. The Kier molecular flexibility index (Phi) is 3.11. The van der Waals surface area contributed by atoms with Crippen LogP contribution in [0.3, 0.4) is 0 Å². The minimum absolute atomic E-state index is 0.0261. The summed E-state index contributed by atoms with van der Waals surface area (Å²) in [6.45, 7) is 0. The van der Waals surface area contributed by atoms with Crippen molar-refractivity contribution >= 4 is 10.9 Å². The Morgan fingerprint density at radius 2 is 2.00 bits per heavy atom. The van der Waals surface area contributed by atoms with Gasteiger partial charge >= 0.3 is 0 Å². The molecule has 3 rings (SSSR count). The number of hydrogen-bond donors (Lipinski definition) is 1. The Morgan fingerprint density at radius 3 is 2.83 bits per heavy atom. The molecule has 92 valence electrons. The first-order valence-corrected chi connectivity index (χ1v) is 6.64. The van der Waals surface area contributed by atoms with E-state index < -0.39 is 0 Å². The van der Waals surface area contributed by atoms with Crippen molar-refractivity contribution in [3.05, 3.63) is 53.7 Å². The zero-order valence-electron chi connectivity index (χ0n) is 10.5. The Labute approximate surface area is 108 Å². The molecule has 1 aromatic carbocycles. The molecule has 1 heterocycles. The lowest BCUT2D eigenvalue weighted by molar-refractivity contribution is 0.650. The molecule has 2 heteroatoms. The summed E-state index contributed by atoms with van der Waals surface area (Å²) in [4.78, 5) is 4.39. The van der Waals surface area contributed by atoms with Crippen LogP contribution in [0.25, 0.3) is 10.9 Å². The third kappa shape index (κ3) is 2.04. The molecule has 1 aliphatic carbocycles.